The summed E-state index contributed by atoms with van der Waals surface area (Å²) < 4.78 is 0. The Kier molecular flexibility index (Phi) is 3.08. The van der Waals surface area contributed by atoms with Gasteiger partial charge in [0.1, 0.15) is 0 Å². The molecule has 2 rings (SSSR count). The van der Waals surface area contributed by atoms with Crippen molar-refractivity contribution in [3.05, 3.63) is 6.42 Å². The molecule has 0 aromatic carbocycles. The summed E-state index contributed by atoms with van der Waals surface area (Å²) >= 11 is 0. The lowest BCUT2D eigenvalue weighted by Gasteiger charge is -2.32. The lowest BCUT2D eigenvalue weighted by Crippen LogP contribution is -2.20. The first-order chi connectivity index (χ1) is 5.97. The molecule has 12 heavy (non-hydrogen) atoms. The topological polar surface area (TPSA) is 0 Å². The molecule has 68 valence electrons. The molecule has 0 heterocycles. The average molecular weight is 164 g/mol. The Morgan fingerprint density at radius 1 is 0.667 bits per heavy atom. The van der Waals surface area contributed by atoms with Gasteiger partial charge in [0, 0.05) is 0 Å². The molecule has 0 aromatic rings. The number of hydrogen-bond acceptors (Lipinski definition) is 0. The molecule has 2 aliphatic rings. The highest BCUT2D eigenvalue weighted by Gasteiger charge is 2.24. The van der Waals surface area contributed by atoms with Gasteiger partial charge in [-0.05, 0) is 43.9 Å². The fourth-order valence-electron chi connectivity index (χ4n) is 2.92. The van der Waals surface area contributed by atoms with Crippen LogP contribution in [0.1, 0.15) is 57.8 Å². The number of hydrogen-bond donors (Lipinski definition) is 0. The van der Waals surface area contributed by atoms with Gasteiger partial charge >= 0.3 is 0 Å². The van der Waals surface area contributed by atoms with E-state index in [2.05, 4.69) is 6.42 Å². The molecule has 0 heteroatoms. The average Bonchev–Trinajstić information content (AvgIpc) is 2.21. The van der Waals surface area contributed by atoms with Crippen molar-refractivity contribution < 1.29 is 0 Å². The van der Waals surface area contributed by atoms with Crippen molar-refractivity contribution in [3.8, 4) is 0 Å². The van der Waals surface area contributed by atoms with Crippen LogP contribution in [0.25, 0.3) is 0 Å². The highest BCUT2D eigenvalue weighted by molar-refractivity contribution is 4.82. The van der Waals surface area contributed by atoms with Crippen LogP contribution in [-0.2, 0) is 0 Å². The molecular weight excluding hydrogens is 144 g/mol. The molecule has 2 fully saturated rings. The Hall–Kier alpha value is 0. The molecule has 2 aliphatic carbocycles. The summed E-state index contributed by atoms with van der Waals surface area (Å²) in [7, 11) is 0. The molecule has 0 N–H and O–H groups in total. The fraction of sp³-hybridized carbons (Fsp3) is 0.917. The van der Waals surface area contributed by atoms with E-state index < -0.39 is 0 Å². The summed E-state index contributed by atoms with van der Waals surface area (Å²) in [6.07, 6.45) is 16.5. The van der Waals surface area contributed by atoms with Crippen molar-refractivity contribution in [1.29, 1.82) is 0 Å². The highest BCUT2D eigenvalue weighted by Crippen LogP contribution is 2.37. The van der Waals surface area contributed by atoms with Crippen LogP contribution in [-0.4, -0.2) is 0 Å². The third-order valence-electron chi connectivity index (χ3n) is 3.70. The Morgan fingerprint density at radius 3 is 1.92 bits per heavy atom. The Balaban J connectivity index is 1.80. The van der Waals surface area contributed by atoms with E-state index in [1.165, 1.54) is 57.8 Å². The van der Waals surface area contributed by atoms with Gasteiger partial charge in [-0.25, -0.2) is 0 Å². The third kappa shape index (κ3) is 2.02. The van der Waals surface area contributed by atoms with Crippen molar-refractivity contribution in [1.82, 2.24) is 0 Å². The van der Waals surface area contributed by atoms with E-state index in [0.29, 0.717) is 0 Å². The lowest BCUT2D eigenvalue weighted by atomic mass is 9.73. The molecule has 0 amide bonds. The molecular formula is C12H20. The van der Waals surface area contributed by atoms with Crippen LogP contribution in [0.15, 0.2) is 0 Å². The van der Waals surface area contributed by atoms with Gasteiger partial charge in [-0.1, -0.05) is 32.1 Å². The van der Waals surface area contributed by atoms with Crippen molar-refractivity contribution in [2.75, 3.05) is 0 Å². The number of rotatable bonds is 1. The zero-order chi connectivity index (χ0) is 8.23. The van der Waals surface area contributed by atoms with Crippen LogP contribution < -0.4 is 0 Å². The van der Waals surface area contributed by atoms with Crippen molar-refractivity contribution >= 4 is 0 Å². The van der Waals surface area contributed by atoms with E-state index in [9.17, 15) is 0 Å². The fourth-order valence-corrected chi connectivity index (χ4v) is 2.92. The third-order valence-corrected chi connectivity index (χ3v) is 3.70. The Bertz CT molecular complexity index is 100. The van der Waals surface area contributed by atoms with Crippen LogP contribution in [0.3, 0.4) is 0 Å². The standard InChI is InChI=1S/C12H20/c1-3-7-11(8-4-1)12-9-5-2-6-10-12/h11-12H,1,3-10H2. The first-order valence-electron chi connectivity index (χ1n) is 5.67. The predicted octanol–water partition coefficient (Wildman–Crippen LogP) is 3.84. The summed E-state index contributed by atoms with van der Waals surface area (Å²) in [5, 5.41) is 0. The van der Waals surface area contributed by atoms with E-state index in [1.807, 2.05) is 0 Å². The maximum absolute atomic E-state index is 3.45. The van der Waals surface area contributed by atoms with Gasteiger partial charge in [0.05, 0.1) is 0 Å². The van der Waals surface area contributed by atoms with Gasteiger partial charge in [-0.2, -0.15) is 0 Å². The summed E-state index contributed by atoms with van der Waals surface area (Å²) in [4.78, 5) is 0. The first-order valence-corrected chi connectivity index (χ1v) is 5.67. The van der Waals surface area contributed by atoms with Crippen LogP contribution in [0.5, 0.6) is 0 Å². The van der Waals surface area contributed by atoms with E-state index in [1.54, 1.807) is 0 Å². The molecule has 0 spiro atoms. The van der Waals surface area contributed by atoms with Crippen LogP contribution >= 0.6 is 0 Å². The van der Waals surface area contributed by atoms with Gasteiger partial charge in [-0.15, -0.1) is 0 Å². The van der Waals surface area contributed by atoms with Gasteiger partial charge in [0.25, 0.3) is 0 Å². The minimum absolute atomic E-state index is 1.08. The zero-order valence-electron chi connectivity index (χ0n) is 8.02. The van der Waals surface area contributed by atoms with E-state index >= 15 is 0 Å². The van der Waals surface area contributed by atoms with Crippen LogP contribution in [0, 0.1) is 18.3 Å². The Labute approximate surface area is 76.7 Å². The molecule has 0 aliphatic heterocycles. The van der Waals surface area contributed by atoms with Crippen molar-refractivity contribution in [2.24, 2.45) is 11.8 Å². The van der Waals surface area contributed by atoms with E-state index in [-0.39, 0.29) is 0 Å². The highest BCUT2D eigenvalue weighted by atomic mass is 14.3. The molecule has 2 saturated carbocycles. The molecule has 2 radical (unpaired) electrons. The van der Waals surface area contributed by atoms with Crippen LogP contribution in [0.2, 0.25) is 0 Å². The second kappa shape index (κ2) is 4.30. The van der Waals surface area contributed by atoms with E-state index in [0.717, 1.165) is 11.8 Å². The van der Waals surface area contributed by atoms with Gasteiger partial charge in [0.15, 0.2) is 0 Å². The first kappa shape index (κ1) is 8.59. The molecule has 0 nitrogen and oxygen atoms in total. The van der Waals surface area contributed by atoms with Gasteiger partial charge < -0.3 is 0 Å². The summed E-state index contributed by atoms with van der Waals surface area (Å²) in [6, 6.07) is 0. The second-order valence-electron chi connectivity index (χ2n) is 4.49. The SMILES string of the molecule is [C]1CCC(C2CCCCC2)CC1. The quantitative estimate of drug-likeness (QED) is 0.552. The maximum atomic E-state index is 3.45. The maximum Gasteiger partial charge on any atom is -0.0173 e. The second-order valence-corrected chi connectivity index (χ2v) is 4.49. The summed E-state index contributed by atoms with van der Waals surface area (Å²) in [5.41, 5.74) is 0. The minimum Gasteiger partial charge on any atom is -0.0533 e. The minimum atomic E-state index is 1.08. The smallest absolute Gasteiger partial charge is 0.0173 e. The van der Waals surface area contributed by atoms with Crippen molar-refractivity contribution in [2.45, 2.75) is 57.8 Å². The molecule has 0 aromatic heterocycles. The van der Waals surface area contributed by atoms with Gasteiger partial charge in [0.2, 0.25) is 0 Å². The van der Waals surface area contributed by atoms with Gasteiger partial charge in [-0.3, -0.25) is 0 Å². The normalized spacial score (nSPS) is 29.0. The largest absolute Gasteiger partial charge is 0.0533 e. The molecule has 0 unspecified atom stereocenters. The molecule has 0 saturated heterocycles. The van der Waals surface area contributed by atoms with Crippen molar-refractivity contribution in [3.63, 3.8) is 0 Å². The van der Waals surface area contributed by atoms with E-state index in [4.69, 9.17) is 0 Å². The Morgan fingerprint density at radius 2 is 1.25 bits per heavy atom. The van der Waals surface area contributed by atoms with Crippen LogP contribution in [0.4, 0.5) is 0 Å². The molecule has 0 bridgehead atoms. The summed E-state index contributed by atoms with van der Waals surface area (Å²) in [5.74, 6) is 2.17. The summed E-state index contributed by atoms with van der Waals surface area (Å²) in [6.45, 7) is 0. The molecule has 0 atom stereocenters. The predicted molar refractivity (Wildman–Crippen MR) is 51.8 cm³/mol. The monoisotopic (exact) mass is 164 g/mol. The zero-order valence-corrected chi connectivity index (χ0v) is 8.02. The lowest BCUT2D eigenvalue weighted by molar-refractivity contribution is 0.210.